The van der Waals surface area contributed by atoms with E-state index in [0.717, 1.165) is 23.3 Å². The van der Waals surface area contributed by atoms with Crippen LogP contribution in [0.2, 0.25) is 5.02 Å². The molecule has 0 aliphatic rings. The Kier molecular flexibility index (Phi) is 6.10. The number of alkyl halides is 3. The molecule has 0 aliphatic heterocycles. The van der Waals surface area contributed by atoms with E-state index in [-0.39, 0.29) is 17.7 Å². The van der Waals surface area contributed by atoms with Crippen LogP contribution in [-0.2, 0) is 16.4 Å². The summed E-state index contributed by atoms with van der Waals surface area (Å²) < 4.78 is 44.3. The highest BCUT2D eigenvalue weighted by Crippen LogP contribution is 2.36. The van der Waals surface area contributed by atoms with Gasteiger partial charge in [-0.15, -0.1) is 0 Å². The number of ether oxygens (including phenoxy) is 1. The third kappa shape index (κ3) is 5.63. The topological polar surface area (TPSA) is 38.3 Å². The van der Waals surface area contributed by atoms with Crippen molar-refractivity contribution in [3.05, 3.63) is 58.1 Å². The van der Waals surface area contributed by atoms with Crippen molar-refractivity contribution in [3.63, 3.8) is 0 Å². The first-order chi connectivity index (χ1) is 12.4. The number of benzene rings is 2. The van der Waals surface area contributed by atoms with Crippen LogP contribution >= 0.6 is 11.6 Å². The maximum atomic E-state index is 12.9. The fourth-order valence-corrected chi connectivity index (χ4v) is 2.74. The number of carbonyl (C=O) groups is 1. The number of halogens is 4. The van der Waals surface area contributed by atoms with Gasteiger partial charge in [0, 0.05) is 5.69 Å². The minimum absolute atomic E-state index is 0.000256. The standard InChI is InChI=1S/C20H21ClF3NO2/c1-12-5-8-17(15(9-12)19(2,3)4)27-11-18(26)25-13-6-7-16(21)14(10-13)20(22,23)24/h5-10H,11H2,1-4H3,(H,25,26). The van der Waals surface area contributed by atoms with E-state index in [1.165, 1.54) is 6.07 Å². The minimum atomic E-state index is -4.60. The number of anilines is 1. The summed E-state index contributed by atoms with van der Waals surface area (Å²) in [6.45, 7) is 7.73. The van der Waals surface area contributed by atoms with Crippen LogP contribution in [0.25, 0.3) is 0 Å². The summed E-state index contributed by atoms with van der Waals surface area (Å²) in [7, 11) is 0. The molecular formula is C20H21ClF3NO2. The zero-order valence-electron chi connectivity index (χ0n) is 15.5. The number of hydrogen-bond donors (Lipinski definition) is 1. The zero-order valence-corrected chi connectivity index (χ0v) is 16.3. The normalized spacial score (nSPS) is 12.0. The van der Waals surface area contributed by atoms with Crippen LogP contribution in [0.15, 0.2) is 36.4 Å². The SMILES string of the molecule is Cc1ccc(OCC(=O)Nc2ccc(Cl)c(C(F)(F)F)c2)c(C(C)(C)C)c1. The number of aryl methyl sites for hydroxylation is 1. The lowest BCUT2D eigenvalue weighted by atomic mass is 9.85. The van der Waals surface area contributed by atoms with Crippen LogP contribution in [0.4, 0.5) is 18.9 Å². The lowest BCUT2D eigenvalue weighted by Crippen LogP contribution is -2.22. The predicted octanol–water partition coefficient (Wildman–Crippen LogP) is 5.98. The second-order valence-electron chi connectivity index (χ2n) is 7.28. The number of hydrogen-bond acceptors (Lipinski definition) is 2. The molecule has 7 heteroatoms. The Labute approximate surface area is 161 Å². The zero-order chi connectivity index (χ0) is 20.4. The molecule has 27 heavy (non-hydrogen) atoms. The average molecular weight is 400 g/mol. The third-order valence-electron chi connectivity index (χ3n) is 3.86. The number of carbonyl (C=O) groups excluding carboxylic acids is 1. The Balaban J connectivity index is 2.10. The largest absolute Gasteiger partial charge is 0.483 e. The van der Waals surface area contributed by atoms with Gasteiger partial charge in [0.1, 0.15) is 5.75 Å². The predicted molar refractivity (Wildman–Crippen MR) is 100 cm³/mol. The molecule has 0 saturated carbocycles. The highest BCUT2D eigenvalue weighted by molar-refractivity contribution is 6.31. The van der Waals surface area contributed by atoms with Gasteiger partial charge in [-0.3, -0.25) is 4.79 Å². The molecular weight excluding hydrogens is 379 g/mol. The lowest BCUT2D eigenvalue weighted by molar-refractivity contribution is -0.137. The molecule has 1 N–H and O–H groups in total. The van der Waals surface area contributed by atoms with Crippen molar-refractivity contribution < 1.29 is 22.7 Å². The number of amides is 1. The third-order valence-corrected chi connectivity index (χ3v) is 4.19. The number of rotatable bonds is 4. The average Bonchev–Trinajstić information content (AvgIpc) is 2.53. The Morgan fingerprint density at radius 3 is 2.33 bits per heavy atom. The van der Waals surface area contributed by atoms with Gasteiger partial charge >= 0.3 is 6.18 Å². The molecule has 0 fully saturated rings. The van der Waals surface area contributed by atoms with Gasteiger partial charge in [-0.2, -0.15) is 13.2 Å². The molecule has 1 amide bonds. The van der Waals surface area contributed by atoms with E-state index in [0.29, 0.717) is 5.75 Å². The fourth-order valence-electron chi connectivity index (χ4n) is 2.52. The van der Waals surface area contributed by atoms with E-state index in [1.807, 2.05) is 39.8 Å². The Bertz CT molecular complexity index is 842. The Hall–Kier alpha value is -2.21. The van der Waals surface area contributed by atoms with Crippen LogP contribution in [0.5, 0.6) is 5.75 Å². The summed E-state index contributed by atoms with van der Waals surface area (Å²) in [4.78, 5) is 12.1. The molecule has 0 atom stereocenters. The highest BCUT2D eigenvalue weighted by Gasteiger charge is 2.33. The van der Waals surface area contributed by atoms with Crippen molar-refractivity contribution in [2.75, 3.05) is 11.9 Å². The van der Waals surface area contributed by atoms with Crippen molar-refractivity contribution >= 4 is 23.2 Å². The van der Waals surface area contributed by atoms with Crippen LogP contribution in [0.3, 0.4) is 0 Å². The maximum absolute atomic E-state index is 12.9. The molecule has 0 unspecified atom stereocenters. The molecule has 0 bridgehead atoms. The molecule has 0 heterocycles. The number of nitrogens with one attached hydrogen (secondary N) is 1. The van der Waals surface area contributed by atoms with E-state index in [1.54, 1.807) is 6.07 Å². The molecule has 146 valence electrons. The minimum Gasteiger partial charge on any atom is -0.483 e. The molecule has 0 saturated heterocycles. The monoisotopic (exact) mass is 399 g/mol. The van der Waals surface area contributed by atoms with Crippen molar-refractivity contribution in [2.24, 2.45) is 0 Å². The maximum Gasteiger partial charge on any atom is 0.417 e. The van der Waals surface area contributed by atoms with E-state index in [4.69, 9.17) is 16.3 Å². The lowest BCUT2D eigenvalue weighted by Gasteiger charge is -2.23. The van der Waals surface area contributed by atoms with Crippen molar-refractivity contribution in [2.45, 2.75) is 39.3 Å². The molecule has 2 aromatic carbocycles. The first kappa shape index (κ1) is 21.1. The van der Waals surface area contributed by atoms with Gasteiger partial charge in [0.2, 0.25) is 0 Å². The van der Waals surface area contributed by atoms with Gasteiger partial charge in [-0.05, 0) is 42.2 Å². The van der Waals surface area contributed by atoms with E-state index in [9.17, 15) is 18.0 Å². The van der Waals surface area contributed by atoms with Gasteiger partial charge in [0.25, 0.3) is 5.91 Å². The van der Waals surface area contributed by atoms with E-state index < -0.39 is 22.7 Å². The molecule has 0 spiro atoms. The smallest absolute Gasteiger partial charge is 0.417 e. The van der Waals surface area contributed by atoms with Crippen molar-refractivity contribution in [1.29, 1.82) is 0 Å². The molecule has 0 aromatic heterocycles. The second kappa shape index (κ2) is 7.80. The summed E-state index contributed by atoms with van der Waals surface area (Å²) in [6, 6.07) is 8.85. The fraction of sp³-hybridized carbons (Fsp3) is 0.350. The summed E-state index contributed by atoms with van der Waals surface area (Å²) in [5.41, 5.74) is 0.825. The summed E-state index contributed by atoms with van der Waals surface area (Å²) in [5, 5.41) is 1.97. The molecule has 0 radical (unpaired) electrons. The Morgan fingerprint density at radius 2 is 1.74 bits per heavy atom. The van der Waals surface area contributed by atoms with Gasteiger partial charge in [0.05, 0.1) is 10.6 Å². The molecule has 3 nitrogen and oxygen atoms in total. The highest BCUT2D eigenvalue weighted by atomic mass is 35.5. The summed E-state index contributed by atoms with van der Waals surface area (Å²) in [6.07, 6.45) is -4.60. The molecule has 2 aromatic rings. The van der Waals surface area contributed by atoms with Gasteiger partial charge in [-0.1, -0.05) is 50.1 Å². The quantitative estimate of drug-likeness (QED) is 0.686. The van der Waals surface area contributed by atoms with Crippen molar-refractivity contribution in [3.8, 4) is 5.75 Å². The summed E-state index contributed by atoms with van der Waals surface area (Å²) >= 11 is 5.57. The van der Waals surface area contributed by atoms with Gasteiger partial charge in [0.15, 0.2) is 6.61 Å². The molecule has 0 aliphatic carbocycles. The van der Waals surface area contributed by atoms with Crippen LogP contribution in [0, 0.1) is 6.92 Å². The van der Waals surface area contributed by atoms with Crippen LogP contribution < -0.4 is 10.1 Å². The van der Waals surface area contributed by atoms with E-state index >= 15 is 0 Å². The first-order valence-corrected chi connectivity index (χ1v) is 8.66. The van der Waals surface area contributed by atoms with Crippen LogP contribution in [-0.4, -0.2) is 12.5 Å². The van der Waals surface area contributed by atoms with Gasteiger partial charge < -0.3 is 10.1 Å². The molecule has 2 rings (SSSR count). The van der Waals surface area contributed by atoms with Gasteiger partial charge in [-0.25, -0.2) is 0 Å². The second-order valence-corrected chi connectivity index (χ2v) is 7.69. The first-order valence-electron chi connectivity index (χ1n) is 8.28. The van der Waals surface area contributed by atoms with E-state index in [2.05, 4.69) is 5.32 Å². The van der Waals surface area contributed by atoms with Crippen LogP contribution in [0.1, 0.15) is 37.5 Å². The Morgan fingerprint density at radius 1 is 1.07 bits per heavy atom. The summed E-state index contributed by atoms with van der Waals surface area (Å²) in [5.74, 6) is 0.00113. The van der Waals surface area contributed by atoms with Crippen molar-refractivity contribution in [1.82, 2.24) is 0 Å².